The van der Waals surface area contributed by atoms with E-state index >= 15 is 0 Å². The summed E-state index contributed by atoms with van der Waals surface area (Å²) in [6.07, 6.45) is 0. The van der Waals surface area contributed by atoms with Crippen molar-refractivity contribution in [1.82, 2.24) is 0 Å². The molecule has 1 fully saturated rings. The molecule has 1 saturated heterocycles. The lowest BCUT2D eigenvalue weighted by atomic mass is 10.2. The fraction of sp³-hybridized carbons (Fsp3) is 0.143. The third-order valence-corrected chi connectivity index (χ3v) is 3.78. The molecular weight excluding hydrogens is 164 g/mol. The van der Waals surface area contributed by atoms with E-state index in [1.807, 2.05) is 30.3 Å². The number of aliphatic hydroxyl groups is 1. The quantitative estimate of drug-likeness (QED) is 0.515. The first kappa shape index (κ1) is 6.58. The van der Waals surface area contributed by atoms with Gasteiger partial charge in [-0.1, -0.05) is 30.3 Å². The zero-order valence-electron chi connectivity index (χ0n) is 5.15. The number of benzene rings is 1. The molecule has 0 aromatic heterocycles. The zero-order valence-corrected chi connectivity index (χ0v) is 6.78. The van der Waals surface area contributed by atoms with Gasteiger partial charge in [-0.2, -0.15) is 0 Å². The minimum Gasteiger partial charge on any atom is -0.365 e. The van der Waals surface area contributed by atoms with Crippen LogP contribution in [-0.4, -0.2) is 5.11 Å². The van der Waals surface area contributed by atoms with Gasteiger partial charge in [0.15, 0.2) is 0 Å². The average Bonchev–Trinajstić information content (AvgIpc) is 2.72. The topological polar surface area (TPSA) is 20.2 Å². The summed E-state index contributed by atoms with van der Waals surface area (Å²) in [6, 6.07) is 9.70. The van der Waals surface area contributed by atoms with E-state index in [2.05, 4.69) is 0 Å². The fourth-order valence-corrected chi connectivity index (χ4v) is 2.14. The first-order valence-electron chi connectivity index (χ1n) is 2.96. The second-order valence-corrected chi connectivity index (χ2v) is 4.89. The summed E-state index contributed by atoms with van der Waals surface area (Å²) < 4.78 is -0.624. The second-order valence-electron chi connectivity index (χ2n) is 2.11. The third-order valence-electron chi connectivity index (χ3n) is 1.38. The van der Waals surface area contributed by atoms with Crippen LogP contribution >= 0.6 is 21.6 Å². The molecule has 1 N–H and O–H groups in total. The predicted molar refractivity (Wildman–Crippen MR) is 45.5 cm³/mol. The van der Waals surface area contributed by atoms with Crippen LogP contribution in [0.3, 0.4) is 0 Å². The first-order chi connectivity index (χ1) is 4.81. The molecule has 1 nitrogen and oxygen atoms in total. The van der Waals surface area contributed by atoms with Gasteiger partial charge in [0, 0.05) is 5.56 Å². The minimum absolute atomic E-state index is 0.624. The first-order valence-corrected chi connectivity index (χ1v) is 5.11. The highest BCUT2D eigenvalue weighted by atomic mass is 33.2. The largest absolute Gasteiger partial charge is 0.365 e. The molecule has 52 valence electrons. The highest BCUT2D eigenvalue weighted by Gasteiger charge is 2.45. The smallest absolute Gasteiger partial charge is 0.203 e. The van der Waals surface area contributed by atoms with Crippen LogP contribution in [0.2, 0.25) is 0 Å². The van der Waals surface area contributed by atoms with Gasteiger partial charge < -0.3 is 5.11 Å². The van der Waals surface area contributed by atoms with E-state index in [4.69, 9.17) is 0 Å². The summed E-state index contributed by atoms with van der Waals surface area (Å²) in [5.74, 6) is 0. The number of hydrogen-bond acceptors (Lipinski definition) is 3. The summed E-state index contributed by atoms with van der Waals surface area (Å²) in [4.78, 5) is 0. The third kappa shape index (κ3) is 1.05. The molecule has 0 aliphatic carbocycles. The number of rotatable bonds is 1. The summed E-state index contributed by atoms with van der Waals surface area (Å²) in [5.41, 5.74) is 0.991. The highest BCUT2D eigenvalue weighted by molar-refractivity contribution is 8.92. The van der Waals surface area contributed by atoms with Crippen molar-refractivity contribution < 1.29 is 5.11 Å². The lowest BCUT2D eigenvalue weighted by Crippen LogP contribution is -1.98. The molecule has 0 radical (unpaired) electrons. The van der Waals surface area contributed by atoms with E-state index in [0.29, 0.717) is 0 Å². The summed E-state index contributed by atoms with van der Waals surface area (Å²) >= 11 is 0. The molecule has 2 rings (SSSR count). The molecule has 1 aromatic carbocycles. The standard InChI is InChI=1S/C7H6OS2/c8-7(9-10-7)6-4-2-1-3-5-6/h1-5,8H. The van der Waals surface area contributed by atoms with Gasteiger partial charge in [0.1, 0.15) is 0 Å². The highest BCUT2D eigenvalue weighted by Crippen LogP contribution is 2.69. The monoisotopic (exact) mass is 170 g/mol. The lowest BCUT2D eigenvalue weighted by Gasteiger charge is -2.01. The maximum Gasteiger partial charge on any atom is 0.203 e. The van der Waals surface area contributed by atoms with E-state index in [9.17, 15) is 5.11 Å². The van der Waals surface area contributed by atoms with Crippen LogP contribution in [-0.2, 0) is 4.27 Å². The summed E-state index contributed by atoms with van der Waals surface area (Å²) in [7, 11) is 2.99. The van der Waals surface area contributed by atoms with Crippen molar-refractivity contribution in [2.45, 2.75) is 4.27 Å². The van der Waals surface area contributed by atoms with Crippen molar-refractivity contribution in [3.8, 4) is 0 Å². The second kappa shape index (κ2) is 2.19. The van der Waals surface area contributed by atoms with Crippen molar-refractivity contribution in [2.24, 2.45) is 0 Å². The molecule has 1 aromatic rings. The van der Waals surface area contributed by atoms with Crippen molar-refractivity contribution in [3.05, 3.63) is 35.9 Å². The molecule has 0 unspecified atom stereocenters. The van der Waals surface area contributed by atoms with E-state index in [1.54, 1.807) is 0 Å². The molecule has 1 aliphatic rings. The molecule has 0 bridgehead atoms. The Hall–Kier alpha value is -0.120. The van der Waals surface area contributed by atoms with Crippen molar-refractivity contribution in [1.29, 1.82) is 0 Å². The minimum atomic E-state index is -0.624. The molecular formula is C7H6OS2. The van der Waals surface area contributed by atoms with Crippen LogP contribution in [0.1, 0.15) is 5.56 Å². The SMILES string of the molecule is OC1(c2ccccc2)SS1. The van der Waals surface area contributed by atoms with Gasteiger partial charge >= 0.3 is 0 Å². The van der Waals surface area contributed by atoms with Gasteiger partial charge in [-0.15, -0.1) is 0 Å². The Morgan fingerprint density at radius 1 is 1.10 bits per heavy atom. The molecule has 3 heteroatoms. The summed E-state index contributed by atoms with van der Waals surface area (Å²) in [5, 5.41) is 9.53. The van der Waals surface area contributed by atoms with Gasteiger partial charge in [0.25, 0.3) is 0 Å². The van der Waals surface area contributed by atoms with Crippen molar-refractivity contribution >= 4 is 21.6 Å². The Bertz CT molecular complexity index is 231. The van der Waals surface area contributed by atoms with Gasteiger partial charge in [-0.25, -0.2) is 0 Å². The van der Waals surface area contributed by atoms with Gasteiger partial charge in [-0.3, -0.25) is 0 Å². The van der Waals surface area contributed by atoms with Crippen LogP contribution in [0.4, 0.5) is 0 Å². The summed E-state index contributed by atoms with van der Waals surface area (Å²) in [6.45, 7) is 0. The average molecular weight is 170 g/mol. The van der Waals surface area contributed by atoms with Gasteiger partial charge in [-0.05, 0) is 21.6 Å². The van der Waals surface area contributed by atoms with Crippen LogP contribution < -0.4 is 0 Å². The Labute approximate surface area is 67.2 Å². The maximum atomic E-state index is 9.53. The molecule has 0 atom stereocenters. The predicted octanol–water partition coefficient (Wildman–Crippen LogP) is 2.18. The zero-order chi connectivity index (χ0) is 7.03. The van der Waals surface area contributed by atoms with E-state index in [0.717, 1.165) is 5.56 Å². The molecule has 0 saturated carbocycles. The van der Waals surface area contributed by atoms with Crippen LogP contribution in [0.25, 0.3) is 0 Å². The Kier molecular flexibility index (Phi) is 1.44. The van der Waals surface area contributed by atoms with Crippen molar-refractivity contribution in [3.63, 3.8) is 0 Å². The Morgan fingerprint density at radius 3 is 2.20 bits per heavy atom. The van der Waals surface area contributed by atoms with Crippen molar-refractivity contribution in [2.75, 3.05) is 0 Å². The molecule has 0 spiro atoms. The van der Waals surface area contributed by atoms with E-state index in [-0.39, 0.29) is 0 Å². The van der Waals surface area contributed by atoms with Gasteiger partial charge in [0.2, 0.25) is 4.27 Å². The van der Waals surface area contributed by atoms with E-state index < -0.39 is 4.27 Å². The number of hydrogen-bond donors (Lipinski definition) is 1. The fourth-order valence-electron chi connectivity index (χ4n) is 0.784. The molecule has 0 amide bonds. The lowest BCUT2D eigenvalue weighted by molar-refractivity contribution is 0.247. The van der Waals surface area contributed by atoms with Crippen LogP contribution in [0, 0.1) is 0 Å². The molecule has 1 aliphatic heterocycles. The Morgan fingerprint density at radius 2 is 1.70 bits per heavy atom. The van der Waals surface area contributed by atoms with Crippen LogP contribution in [0.15, 0.2) is 30.3 Å². The Balaban J connectivity index is 2.35. The molecule has 10 heavy (non-hydrogen) atoms. The van der Waals surface area contributed by atoms with Crippen LogP contribution in [0.5, 0.6) is 0 Å². The van der Waals surface area contributed by atoms with Gasteiger partial charge in [0.05, 0.1) is 0 Å². The normalized spacial score (nSPS) is 20.5. The maximum absolute atomic E-state index is 9.53. The molecule has 1 heterocycles. The van der Waals surface area contributed by atoms with E-state index in [1.165, 1.54) is 21.6 Å².